The van der Waals surface area contributed by atoms with Gasteiger partial charge in [-0.15, -0.1) is 11.8 Å². The standard InChI is InChI=1S/C14H16N2O2S/c1-18-14(17)7-8-16-10-13(9-15-16)19-11-12-5-3-2-4-6-12/h2-6,9-10H,7-8,11H2,1H3. The lowest BCUT2D eigenvalue weighted by molar-refractivity contribution is -0.140. The minimum Gasteiger partial charge on any atom is -0.469 e. The van der Waals surface area contributed by atoms with Gasteiger partial charge < -0.3 is 4.74 Å². The fourth-order valence-corrected chi connectivity index (χ4v) is 2.43. The summed E-state index contributed by atoms with van der Waals surface area (Å²) < 4.78 is 6.37. The molecule has 1 aromatic carbocycles. The van der Waals surface area contributed by atoms with Gasteiger partial charge in [0.25, 0.3) is 0 Å². The number of ether oxygens (including phenoxy) is 1. The molecule has 2 aromatic rings. The van der Waals surface area contributed by atoms with Crippen molar-refractivity contribution in [3.63, 3.8) is 0 Å². The zero-order valence-corrected chi connectivity index (χ0v) is 11.6. The fourth-order valence-electron chi connectivity index (χ4n) is 1.59. The summed E-state index contributed by atoms with van der Waals surface area (Å²) in [4.78, 5) is 12.1. The van der Waals surface area contributed by atoms with Crippen LogP contribution in [0, 0.1) is 0 Å². The fraction of sp³-hybridized carbons (Fsp3) is 0.286. The molecule has 0 radical (unpaired) electrons. The summed E-state index contributed by atoms with van der Waals surface area (Å²) in [5.41, 5.74) is 1.29. The Bertz CT molecular complexity index is 525. The van der Waals surface area contributed by atoms with Gasteiger partial charge in [0.05, 0.1) is 26.3 Å². The third-order valence-corrected chi connectivity index (χ3v) is 3.65. The number of nitrogens with zero attached hydrogens (tertiary/aromatic N) is 2. The van der Waals surface area contributed by atoms with Crippen molar-refractivity contribution in [3.05, 3.63) is 48.3 Å². The number of aromatic nitrogens is 2. The smallest absolute Gasteiger partial charge is 0.307 e. The Balaban J connectivity index is 1.82. The van der Waals surface area contributed by atoms with Gasteiger partial charge in [0, 0.05) is 16.8 Å². The van der Waals surface area contributed by atoms with Crippen molar-refractivity contribution < 1.29 is 9.53 Å². The molecule has 4 nitrogen and oxygen atoms in total. The molecule has 1 aromatic heterocycles. The highest BCUT2D eigenvalue weighted by Crippen LogP contribution is 2.21. The van der Waals surface area contributed by atoms with E-state index >= 15 is 0 Å². The first-order valence-corrected chi connectivity index (χ1v) is 7.02. The van der Waals surface area contributed by atoms with Crippen molar-refractivity contribution in [1.29, 1.82) is 0 Å². The molecule has 0 amide bonds. The lowest BCUT2D eigenvalue weighted by Gasteiger charge is -2.00. The van der Waals surface area contributed by atoms with E-state index in [0.717, 1.165) is 10.6 Å². The molecule has 100 valence electrons. The zero-order valence-electron chi connectivity index (χ0n) is 10.8. The zero-order chi connectivity index (χ0) is 13.5. The Morgan fingerprint density at radius 1 is 1.37 bits per heavy atom. The van der Waals surface area contributed by atoms with E-state index in [2.05, 4.69) is 22.0 Å². The van der Waals surface area contributed by atoms with Crippen molar-refractivity contribution in [1.82, 2.24) is 9.78 Å². The second-order valence-corrected chi connectivity index (χ2v) is 5.09. The lowest BCUT2D eigenvalue weighted by Crippen LogP contribution is -2.07. The summed E-state index contributed by atoms with van der Waals surface area (Å²) in [6, 6.07) is 10.3. The molecule has 0 bridgehead atoms. The van der Waals surface area contributed by atoms with Crippen LogP contribution in [0.5, 0.6) is 0 Å². The van der Waals surface area contributed by atoms with Gasteiger partial charge in [0.15, 0.2) is 0 Å². The SMILES string of the molecule is COC(=O)CCn1cc(SCc2ccccc2)cn1. The number of hydrogen-bond donors (Lipinski definition) is 0. The van der Waals surface area contributed by atoms with Gasteiger partial charge in [-0.25, -0.2) is 0 Å². The topological polar surface area (TPSA) is 44.1 Å². The first-order chi connectivity index (χ1) is 9.28. The van der Waals surface area contributed by atoms with Crippen LogP contribution in [0.3, 0.4) is 0 Å². The molecule has 2 rings (SSSR count). The van der Waals surface area contributed by atoms with E-state index < -0.39 is 0 Å². The van der Waals surface area contributed by atoms with Gasteiger partial charge in [0.2, 0.25) is 0 Å². The Morgan fingerprint density at radius 3 is 2.89 bits per heavy atom. The lowest BCUT2D eigenvalue weighted by atomic mass is 10.2. The molecule has 0 unspecified atom stereocenters. The highest BCUT2D eigenvalue weighted by atomic mass is 32.2. The first-order valence-electron chi connectivity index (χ1n) is 6.04. The summed E-state index contributed by atoms with van der Waals surface area (Å²) in [7, 11) is 1.40. The largest absolute Gasteiger partial charge is 0.469 e. The second-order valence-electron chi connectivity index (χ2n) is 4.04. The molecule has 0 aliphatic rings. The summed E-state index contributed by atoms with van der Waals surface area (Å²) in [6.45, 7) is 0.554. The van der Waals surface area contributed by atoms with E-state index in [1.807, 2.05) is 30.6 Å². The molecule has 19 heavy (non-hydrogen) atoms. The van der Waals surface area contributed by atoms with E-state index in [9.17, 15) is 4.79 Å². The molecule has 0 fully saturated rings. The van der Waals surface area contributed by atoms with Crippen LogP contribution >= 0.6 is 11.8 Å². The molecule has 0 aliphatic heterocycles. The van der Waals surface area contributed by atoms with Crippen molar-refractivity contribution in [2.75, 3.05) is 7.11 Å². The molecule has 5 heteroatoms. The Kier molecular flexibility index (Phi) is 5.03. The Labute approximate surface area is 116 Å². The minimum atomic E-state index is -0.214. The Morgan fingerprint density at radius 2 is 2.16 bits per heavy atom. The average Bonchev–Trinajstić information content (AvgIpc) is 2.91. The van der Waals surface area contributed by atoms with Gasteiger partial charge in [-0.1, -0.05) is 30.3 Å². The molecule has 0 saturated carbocycles. The quantitative estimate of drug-likeness (QED) is 0.601. The summed E-state index contributed by atoms with van der Waals surface area (Å²) in [5.74, 6) is 0.706. The number of rotatable bonds is 6. The summed E-state index contributed by atoms with van der Waals surface area (Å²) in [6.07, 6.45) is 4.13. The third-order valence-electron chi connectivity index (χ3n) is 2.63. The second kappa shape index (κ2) is 6.99. The van der Waals surface area contributed by atoms with Crippen LogP contribution in [-0.4, -0.2) is 22.9 Å². The first kappa shape index (κ1) is 13.7. The molecule has 0 atom stereocenters. The summed E-state index contributed by atoms with van der Waals surface area (Å²) in [5, 5.41) is 4.22. The number of aryl methyl sites for hydroxylation is 1. The van der Waals surface area contributed by atoms with Crippen molar-refractivity contribution >= 4 is 17.7 Å². The predicted octanol–water partition coefficient (Wildman–Crippen LogP) is 2.74. The van der Waals surface area contributed by atoms with Crippen LogP contribution in [0.15, 0.2) is 47.6 Å². The van der Waals surface area contributed by atoms with Crippen LogP contribution in [0.25, 0.3) is 0 Å². The van der Waals surface area contributed by atoms with E-state index in [-0.39, 0.29) is 5.97 Å². The van der Waals surface area contributed by atoms with Gasteiger partial charge in [0.1, 0.15) is 0 Å². The Hall–Kier alpha value is -1.75. The summed E-state index contributed by atoms with van der Waals surface area (Å²) >= 11 is 1.73. The van der Waals surface area contributed by atoms with Crippen LogP contribution in [0.4, 0.5) is 0 Å². The van der Waals surface area contributed by atoms with E-state index in [4.69, 9.17) is 0 Å². The molecule has 0 aliphatic carbocycles. The van der Waals surface area contributed by atoms with Crippen LogP contribution in [-0.2, 0) is 21.8 Å². The van der Waals surface area contributed by atoms with Gasteiger partial charge in [-0.2, -0.15) is 5.10 Å². The van der Waals surface area contributed by atoms with Crippen molar-refractivity contribution in [3.8, 4) is 0 Å². The maximum Gasteiger partial charge on any atom is 0.307 e. The number of thioether (sulfide) groups is 1. The minimum absolute atomic E-state index is 0.214. The van der Waals surface area contributed by atoms with Crippen molar-refractivity contribution in [2.24, 2.45) is 0 Å². The molecule has 0 spiro atoms. The van der Waals surface area contributed by atoms with Crippen LogP contribution in [0.2, 0.25) is 0 Å². The van der Waals surface area contributed by atoms with Crippen LogP contribution in [0.1, 0.15) is 12.0 Å². The number of carbonyl (C=O) groups excluding carboxylic acids is 1. The van der Waals surface area contributed by atoms with Crippen LogP contribution < -0.4 is 0 Å². The number of esters is 1. The molecular formula is C14H16N2O2S. The number of benzene rings is 1. The highest BCUT2D eigenvalue weighted by Gasteiger charge is 2.03. The normalized spacial score (nSPS) is 10.4. The van der Waals surface area contributed by atoms with E-state index in [1.165, 1.54) is 12.7 Å². The number of methoxy groups -OCH3 is 1. The maximum absolute atomic E-state index is 11.0. The van der Waals surface area contributed by atoms with Crippen molar-refractivity contribution in [2.45, 2.75) is 23.6 Å². The molecule has 0 saturated heterocycles. The molecule has 1 heterocycles. The monoisotopic (exact) mass is 276 g/mol. The average molecular weight is 276 g/mol. The highest BCUT2D eigenvalue weighted by molar-refractivity contribution is 7.98. The van der Waals surface area contributed by atoms with Gasteiger partial charge in [-0.3, -0.25) is 9.48 Å². The van der Waals surface area contributed by atoms with Gasteiger partial charge >= 0.3 is 5.97 Å². The third kappa shape index (κ3) is 4.44. The van der Waals surface area contributed by atoms with E-state index in [0.29, 0.717) is 13.0 Å². The maximum atomic E-state index is 11.0. The molecular weight excluding hydrogens is 260 g/mol. The number of carbonyl (C=O) groups is 1. The van der Waals surface area contributed by atoms with E-state index in [1.54, 1.807) is 16.4 Å². The predicted molar refractivity (Wildman–Crippen MR) is 74.9 cm³/mol. The number of hydrogen-bond acceptors (Lipinski definition) is 4. The molecule has 0 N–H and O–H groups in total. The van der Waals surface area contributed by atoms with Gasteiger partial charge in [-0.05, 0) is 5.56 Å².